The van der Waals surface area contributed by atoms with Gasteiger partial charge in [0.1, 0.15) is 0 Å². The van der Waals surface area contributed by atoms with Crippen LogP contribution in [0.25, 0.3) is 11.3 Å². The van der Waals surface area contributed by atoms with Gasteiger partial charge in [-0.3, -0.25) is 19.3 Å². The molecule has 2 aliphatic heterocycles. The first kappa shape index (κ1) is 19.7. The highest BCUT2D eigenvalue weighted by Crippen LogP contribution is 2.36. The lowest BCUT2D eigenvalue weighted by molar-refractivity contribution is -0.131. The van der Waals surface area contributed by atoms with Crippen LogP contribution in [0.5, 0.6) is 0 Å². The highest BCUT2D eigenvalue weighted by molar-refractivity contribution is 5.73. The highest BCUT2D eigenvalue weighted by Gasteiger charge is 2.35. The summed E-state index contributed by atoms with van der Waals surface area (Å²) >= 11 is 0. The monoisotopic (exact) mass is 417 g/mol. The number of aryl methyl sites for hydroxylation is 2. The molecule has 2 aliphatic rings. The minimum atomic E-state index is 0.0204. The van der Waals surface area contributed by atoms with Crippen LogP contribution in [0.3, 0.4) is 0 Å². The maximum Gasteiger partial charge on any atom is 0.251 e. The smallest absolute Gasteiger partial charge is 0.251 e. The SMILES string of the molecule is CC(=O)N1C[C@@H]2C[C@H](C1)c1cc(-c3ccc(Cn4nc(C)cc4C)cn3)cc(=O)n1C2. The van der Waals surface area contributed by atoms with Crippen molar-refractivity contribution in [1.29, 1.82) is 0 Å². The Bertz CT molecular complexity index is 1210. The first-order valence-corrected chi connectivity index (χ1v) is 10.8. The summed E-state index contributed by atoms with van der Waals surface area (Å²) in [5.41, 5.74) is 5.87. The molecule has 1 fully saturated rings. The van der Waals surface area contributed by atoms with Crippen LogP contribution < -0.4 is 5.56 Å². The molecule has 7 nitrogen and oxygen atoms in total. The molecule has 0 saturated carbocycles. The number of rotatable bonds is 3. The second-order valence-corrected chi connectivity index (χ2v) is 8.98. The van der Waals surface area contributed by atoms with Gasteiger partial charge in [-0.05, 0) is 49.9 Å². The predicted molar refractivity (Wildman–Crippen MR) is 118 cm³/mol. The molecule has 0 unspecified atom stereocenters. The molecule has 5 rings (SSSR count). The number of fused-ring (bicyclic) bond motifs is 4. The third-order valence-corrected chi connectivity index (χ3v) is 6.56. The van der Waals surface area contributed by atoms with E-state index in [1.807, 2.05) is 46.3 Å². The van der Waals surface area contributed by atoms with E-state index in [2.05, 4.69) is 22.2 Å². The summed E-state index contributed by atoms with van der Waals surface area (Å²) < 4.78 is 3.87. The number of likely N-dealkylation sites (tertiary alicyclic amines) is 1. The number of hydrogen-bond donors (Lipinski definition) is 0. The fourth-order valence-corrected chi connectivity index (χ4v) is 5.06. The zero-order valence-corrected chi connectivity index (χ0v) is 18.2. The van der Waals surface area contributed by atoms with Crippen LogP contribution in [0.2, 0.25) is 0 Å². The molecule has 1 amide bonds. The Morgan fingerprint density at radius 1 is 1.13 bits per heavy atom. The molecule has 3 aromatic heterocycles. The molecule has 0 aromatic carbocycles. The van der Waals surface area contributed by atoms with Crippen molar-refractivity contribution in [1.82, 2.24) is 24.2 Å². The standard InChI is InChI=1S/C24H27N5O2/c1-15-6-16(2)29(26-15)13-18-4-5-22(25-10-18)20-8-23-21-7-19(11-27(14-21)17(3)30)12-28(23)24(31)9-20/h4-6,8-10,19,21H,7,11-14H2,1-3H3/t19-,21+/m0/s1. The summed E-state index contributed by atoms with van der Waals surface area (Å²) in [6.45, 7) is 8.45. The molecule has 160 valence electrons. The van der Waals surface area contributed by atoms with E-state index >= 15 is 0 Å². The number of hydrogen-bond acceptors (Lipinski definition) is 4. The van der Waals surface area contributed by atoms with Crippen LogP contribution in [0.1, 0.15) is 41.9 Å². The van der Waals surface area contributed by atoms with Crippen LogP contribution in [0.15, 0.2) is 41.3 Å². The summed E-state index contributed by atoms with van der Waals surface area (Å²) in [7, 11) is 0. The maximum absolute atomic E-state index is 12.9. The van der Waals surface area contributed by atoms with Gasteiger partial charge in [-0.15, -0.1) is 0 Å². The second-order valence-electron chi connectivity index (χ2n) is 8.98. The molecule has 1 saturated heterocycles. The van der Waals surface area contributed by atoms with Crippen molar-refractivity contribution in [3.05, 3.63) is 69.5 Å². The van der Waals surface area contributed by atoms with Crippen LogP contribution in [-0.4, -0.2) is 43.2 Å². The Hall–Kier alpha value is -3.22. The first-order valence-electron chi connectivity index (χ1n) is 10.8. The quantitative estimate of drug-likeness (QED) is 0.657. The minimum absolute atomic E-state index is 0.0204. The molecule has 5 heterocycles. The Balaban J connectivity index is 1.43. The Labute approximate surface area is 181 Å². The van der Waals surface area contributed by atoms with Gasteiger partial charge in [-0.2, -0.15) is 5.10 Å². The van der Waals surface area contributed by atoms with Crippen molar-refractivity contribution in [2.75, 3.05) is 13.1 Å². The Kier molecular flexibility index (Phi) is 4.76. The van der Waals surface area contributed by atoms with Gasteiger partial charge in [0.2, 0.25) is 5.91 Å². The fraction of sp³-hybridized carbons (Fsp3) is 0.417. The summed E-state index contributed by atoms with van der Waals surface area (Å²) in [5, 5.41) is 4.51. The molecular weight excluding hydrogens is 390 g/mol. The average Bonchev–Trinajstić information content (AvgIpc) is 3.05. The first-order chi connectivity index (χ1) is 14.9. The zero-order valence-electron chi connectivity index (χ0n) is 18.2. The van der Waals surface area contributed by atoms with E-state index in [0.717, 1.165) is 46.9 Å². The van der Waals surface area contributed by atoms with Crippen LogP contribution in [-0.2, 0) is 17.9 Å². The van der Waals surface area contributed by atoms with Crippen LogP contribution in [0, 0.1) is 19.8 Å². The van der Waals surface area contributed by atoms with E-state index in [-0.39, 0.29) is 17.4 Å². The molecule has 7 heteroatoms. The van der Waals surface area contributed by atoms with E-state index in [4.69, 9.17) is 0 Å². The zero-order chi connectivity index (χ0) is 21.7. The molecule has 0 N–H and O–H groups in total. The predicted octanol–water partition coefficient (Wildman–Crippen LogP) is 2.74. The number of carbonyl (C=O) groups is 1. The molecule has 2 bridgehead atoms. The molecule has 0 spiro atoms. The fourth-order valence-electron chi connectivity index (χ4n) is 5.06. The number of pyridine rings is 2. The lowest BCUT2D eigenvalue weighted by atomic mass is 9.82. The van der Waals surface area contributed by atoms with Crippen LogP contribution >= 0.6 is 0 Å². The molecule has 2 atom stereocenters. The van der Waals surface area contributed by atoms with E-state index in [1.54, 1.807) is 13.0 Å². The number of piperidine rings is 1. The van der Waals surface area contributed by atoms with Gasteiger partial charge < -0.3 is 9.47 Å². The normalized spacial score (nSPS) is 19.9. The lowest BCUT2D eigenvalue weighted by Crippen LogP contribution is -2.48. The molecule has 31 heavy (non-hydrogen) atoms. The van der Waals surface area contributed by atoms with Gasteiger partial charge in [0.05, 0.1) is 17.9 Å². The van der Waals surface area contributed by atoms with Crippen LogP contribution in [0.4, 0.5) is 0 Å². The number of amides is 1. The molecule has 0 radical (unpaired) electrons. The molecular formula is C24H27N5O2. The topological polar surface area (TPSA) is 73.0 Å². The minimum Gasteiger partial charge on any atom is -0.342 e. The van der Waals surface area contributed by atoms with Gasteiger partial charge in [0.25, 0.3) is 5.56 Å². The summed E-state index contributed by atoms with van der Waals surface area (Å²) in [4.78, 5) is 31.4. The largest absolute Gasteiger partial charge is 0.342 e. The highest BCUT2D eigenvalue weighted by atomic mass is 16.2. The maximum atomic E-state index is 12.9. The summed E-state index contributed by atoms with van der Waals surface area (Å²) in [6, 6.07) is 9.86. The average molecular weight is 418 g/mol. The van der Waals surface area contributed by atoms with Crippen molar-refractivity contribution < 1.29 is 4.79 Å². The number of aromatic nitrogens is 4. The molecule has 0 aliphatic carbocycles. The third kappa shape index (κ3) is 3.69. The van der Waals surface area contributed by atoms with Gasteiger partial charge >= 0.3 is 0 Å². The van der Waals surface area contributed by atoms with Crippen molar-refractivity contribution in [2.24, 2.45) is 5.92 Å². The summed E-state index contributed by atoms with van der Waals surface area (Å²) in [6.07, 6.45) is 2.89. The lowest BCUT2D eigenvalue weighted by Gasteiger charge is -2.42. The van der Waals surface area contributed by atoms with Gasteiger partial charge in [-0.1, -0.05) is 6.07 Å². The van der Waals surface area contributed by atoms with Crippen molar-refractivity contribution >= 4 is 5.91 Å². The van der Waals surface area contributed by atoms with E-state index in [9.17, 15) is 9.59 Å². The third-order valence-electron chi connectivity index (χ3n) is 6.56. The van der Waals surface area contributed by atoms with Gasteiger partial charge in [-0.25, -0.2) is 0 Å². The van der Waals surface area contributed by atoms with Crippen molar-refractivity contribution in [3.63, 3.8) is 0 Å². The van der Waals surface area contributed by atoms with E-state index < -0.39 is 0 Å². The van der Waals surface area contributed by atoms with E-state index in [1.165, 1.54) is 0 Å². The van der Waals surface area contributed by atoms with Gasteiger partial charge in [0, 0.05) is 61.7 Å². The Morgan fingerprint density at radius 3 is 2.65 bits per heavy atom. The summed E-state index contributed by atoms with van der Waals surface area (Å²) in [5.74, 6) is 0.668. The van der Waals surface area contributed by atoms with Gasteiger partial charge in [0.15, 0.2) is 0 Å². The van der Waals surface area contributed by atoms with E-state index in [0.29, 0.717) is 25.6 Å². The molecule has 3 aromatic rings. The van der Waals surface area contributed by atoms with Crippen molar-refractivity contribution in [3.8, 4) is 11.3 Å². The second kappa shape index (κ2) is 7.48. The Morgan fingerprint density at radius 2 is 1.97 bits per heavy atom. The number of carbonyl (C=O) groups excluding carboxylic acids is 1. The van der Waals surface area contributed by atoms with Crippen molar-refractivity contribution in [2.45, 2.75) is 46.2 Å². The number of nitrogens with zero attached hydrogens (tertiary/aromatic N) is 5.